The van der Waals surface area contributed by atoms with E-state index in [1.165, 1.54) is 16.4 Å². The highest BCUT2D eigenvalue weighted by atomic mass is 35.5. The molecule has 1 aliphatic rings. The zero-order valence-corrected chi connectivity index (χ0v) is 16.0. The molecule has 1 aromatic heterocycles. The molecule has 0 unspecified atom stereocenters. The Morgan fingerprint density at radius 3 is 2.37 bits per heavy atom. The molecule has 0 aliphatic carbocycles. The number of rotatable bonds is 4. The van der Waals surface area contributed by atoms with Gasteiger partial charge in [-0.25, -0.2) is 18.4 Å². The Hall–Kier alpha value is -2.22. The third kappa shape index (κ3) is 3.90. The first-order chi connectivity index (χ1) is 13.0. The third-order valence-corrected chi connectivity index (χ3v) is 6.73. The van der Waals surface area contributed by atoms with Crippen molar-refractivity contribution < 1.29 is 13.2 Å². The maximum absolute atomic E-state index is 12.7. The molecule has 0 radical (unpaired) electrons. The van der Waals surface area contributed by atoms with Gasteiger partial charge in [0.15, 0.2) is 0 Å². The average molecular weight is 404 g/mol. The van der Waals surface area contributed by atoms with E-state index in [2.05, 4.69) is 9.97 Å². The molecule has 1 fully saturated rings. The van der Waals surface area contributed by atoms with E-state index in [-0.39, 0.29) is 11.0 Å². The van der Waals surface area contributed by atoms with Crippen LogP contribution in [0.1, 0.15) is 12.8 Å². The summed E-state index contributed by atoms with van der Waals surface area (Å²) in [7, 11) is -3.51. The molecular weight excluding hydrogens is 386 g/mol. The van der Waals surface area contributed by atoms with Crippen LogP contribution < -0.4 is 4.74 Å². The van der Waals surface area contributed by atoms with Crippen molar-refractivity contribution in [3.8, 4) is 5.88 Å². The number of hydrogen-bond acceptors (Lipinski definition) is 5. The van der Waals surface area contributed by atoms with Crippen LogP contribution in [0.3, 0.4) is 0 Å². The first-order valence-electron chi connectivity index (χ1n) is 8.66. The second kappa shape index (κ2) is 7.42. The van der Waals surface area contributed by atoms with Crippen molar-refractivity contribution >= 4 is 32.7 Å². The molecule has 0 saturated carbocycles. The first-order valence-corrected chi connectivity index (χ1v) is 10.5. The van der Waals surface area contributed by atoms with Gasteiger partial charge in [0.25, 0.3) is 0 Å². The van der Waals surface area contributed by atoms with Gasteiger partial charge in [0.05, 0.1) is 22.1 Å². The standard InChI is InChI=1S/C19H18ClN3O3S/c20-14-5-7-16(8-6-14)27(24,25)23-11-9-15(10-12-23)26-19-13-21-17-3-1-2-4-18(17)22-19/h1-8,13,15H,9-12H2. The fourth-order valence-corrected chi connectivity index (χ4v) is 4.71. The Labute approximate surface area is 162 Å². The minimum absolute atomic E-state index is 0.0860. The number of benzene rings is 2. The molecule has 140 valence electrons. The molecular formula is C19H18ClN3O3S. The summed E-state index contributed by atoms with van der Waals surface area (Å²) >= 11 is 5.84. The van der Waals surface area contributed by atoms with Crippen LogP contribution in [0.2, 0.25) is 5.02 Å². The Balaban J connectivity index is 1.41. The fraction of sp³-hybridized carbons (Fsp3) is 0.263. The van der Waals surface area contributed by atoms with Crippen LogP contribution in [0.15, 0.2) is 59.6 Å². The number of aromatic nitrogens is 2. The van der Waals surface area contributed by atoms with Crippen molar-refractivity contribution in [1.82, 2.24) is 14.3 Å². The van der Waals surface area contributed by atoms with Crippen LogP contribution >= 0.6 is 11.6 Å². The van der Waals surface area contributed by atoms with Gasteiger partial charge >= 0.3 is 0 Å². The Kier molecular flexibility index (Phi) is 4.99. The molecule has 0 spiro atoms. The average Bonchev–Trinajstić information content (AvgIpc) is 2.69. The lowest BCUT2D eigenvalue weighted by atomic mass is 10.1. The summed E-state index contributed by atoms with van der Waals surface area (Å²) in [6.07, 6.45) is 2.72. The molecule has 0 bridgehead atoms. The van der Waals surface area contributed by atoms with Gasteiger partial charge in [0.2, 0.25) is 15.9 Å². The van der Waals surface area contributed by atoms with E-state index >= 15 is 0 Å². The maximum Gasteiger partial charge on any atom is 0.243 e. The number of halogens is 1. The molecule has 4 rings (SSSR count). The van der Waals surface area contributed by atoms with E-state index in [1.807, 2.05) is 24.3 Å². The van der Waals surface area contributed by atoms with Gasteiger partial charge in [-0.1, -0.05) is 23.7 Å². The van der Waals surface area contributed by atoms with Crippen molar-refractivity contribution in [2.75, 3.05) is 13.1 Å². The largest absolute Gasteiger partial charge is 0.473 e. The fourth-order valence-electron chi connectivity index (χ4n) is 3.11. The minimum Gasteiger partial charge on any atom is -0.473 e. The summed E-state index contributed by atoms with van der Waals surface area (Å²) in [5.74, 6) is 0.465. The van der Waals surface area contributed by atoms with Crippen molar-refractivity contribution in [3.63, 3.8) is 0 Å². The number of ether oxygens (including phenoxy) is 1. The van der Waals surface area contributed by atoms with E-state index in [4.69, 9.17) is 16.3 Å². The second-order valence-electron chi connectivity index (χ2n) is 6.37. The lowest BCUT2D eigenvalue weighted by Crippen LogP contribution is -2.41. The van der Waals surface area contributed by atoms with Crippen LogP contribution in [0.4, 0.5) is 0 Å². The van der Waals surface area contributed by atoms with E-state index in [9.17, 15) is 8.42 Å². The predicted octanol–water partition coefficient (Wildman–Crippen LogP) is 3.52. The van der Waals surface area contributed by atoms with Gasteiger partial charge < -0.3 is 4.74 Å². The molecule has 0 N–H and O–H groups in total. The summed E-state index contributed by atoms with van der Waals surface area (Å²) in [5.41, 5.74) is 1.59. The van der Waals surface area contributed by atoms with Gasteiger partial charge in [0.1, 0.15) is 6.10 Å². The monoisotopic (exact) mass is 403 g/mol. The van der Waals surface area contributed by atoms with Crippen molar-refractivity contribution in [2.24, 2.45) is 0 Å². The molecule has 2 heterocycles. The Morgan fingerprint density at radius 2 is 1.67 bits per heavy atom. The Morgan fingerprint density at radius 1 is 1.00 bits per heavy atom. The van der Waals surface area contributed by atoms with Crippen LogP contribution in [0, 0.1) is 0 Å². The van der Waals surface area contributed by atoms with E-state index in [1.54, 1.807) is 18.3 Å². The number of piperidine rings is 1. The summed E-state index contributed by atoms with van der Waals surface area (Å²) in [5, 5.41) is 0.512. The van der Waals surface area contributed by atoms with E-state index in [0.717, 1.165) is 11.0 Å². The molecule has 0 atom stereocenters. The number of para-hydroxylation sites is 2. The summed E-state index contributed by atoms with van der Waals surface area (Å²) in [6.45, 7) is 0.799. The van der Waals surface area contributed by atoms with Crippen molar-refractivity contribution in [3.05, 3.63) is 59.8 Å². The van der Waals surface area contributed by atoms with Crippen LogP contribution in [-0.2, 0) is 10.0 Å². The number of fused-ring (bicyclic) bond motifs is 1. The first kappa shape index (κ1) is 18.2. The zero-order chi connectivity index (χ0) is 18.9. The van der Waals surface area contributed by atoms with Crippen molar-refractivity contribution in [2.45, 2.75) is 23.8 Å². The highest BCUT2D eigenvalue weighted by molar-refractivity contribution is 7.89. The van der Waals surface area contributed by atoms with Gasteiger partial charge in [0, 0.05) is 18.1 Å². The number of nitrogens with zero attached hydrogens (tertiary/aromatic N) is 3. The molecule has 2 aromatic carbocycles. The molecule has 27 heavy (non-hydrogen) atoms. The second-order valence-corrected chi connectivity index (χ2v) is 8.75. The zero-order valence-electron chi connectivity index (χ0n) is 14.5. The molecule has 1 saturated heterocycles. The normalized spacial score (nSPS) is 16.5. The van der Waals surface area contributed by atoms with Gasteiger partial charge in [-0.2, -0.15) is 4.31 Å². The molecule has 1 aliphatic heterocycles. The van der Waals surface area contributed by atoms with Crippen LogP contribution in [-0.4, -0.2) is 41.9 Å². The van der Waals surface area contributed by atoms with Crippen LogP contribution in [0.25, 0.3) is 11.0 Å². The highest BCUT2D eigenvalue weighted by Crippen LogP contribution is 2.24. The summed E-state index contributed by atoms with van der Waals surface area (Å²) in [6, 6.07) is 13.8. The molecule has 3 aromatic rings. The maximum atomic E-state index is 12.7. The SMILES string of the molecule is O=S(=O)(c1ccc(Cl)cc1)N1CCC(Oc2cnc3ccccc3n2)CC1. The van der Waals surface area contributed by atoms with Gasteiger partial charge in [-0.05, 0) is 49.2 Å². The molecule has 6 nitrogen and oxygen atoms in total. The summed E-state index contributed by atoms with van der Waals surface area (Å²) < 4.78 is 32.9. The van der Waals surface area contributed by atoms with E-state index < -0.39 is 10.0 Å². The Bertz CT molecular complexity index is 1050. The third-order valence-electron chi connectivity index (χ3n) is 4.57. The lowest BCUT2D eigenvalue weighted by molar-refractivity contribution is 0.130. The van der Waals surface area contributed by atoms with Crippen LogP contribution in [0.5, 0.6) is 5.88 Å². The van der Waals surface area contributed by atoms with E-state index in [0.29, 0.717) is 36.8 Å². The van der Waals surface area contributed by atoms with Gasteiger partial charge in [-0.15, -0.1) is 0 Å². The number of sulfonamides is 1. The number of hydrogen-bond donors (Lipinski definition) is 0. The van der Waals surface area contributed by atoms with Gasteiger partial charge in [-0.3, -0.25) is 0 Å². The molecule has 8 heteroatoms. The quantitative estimate of drug-likeness (QED) is 0.666. The highest BCUT2D eigenvalue weighted by Gasteiger charge is 2.30. The smallest absolute Gasteiger partial charge is 0.243 e. The predicted molar refractivity (Wildman–Crippen MR) is 103 cm³/mol. The lowest BCUT2D eigenvalue weighted by Gasteiger charge is -2.31. The summed E-state index contributed by atoms with van der Waals surface area (Å²) in [4.78, 5) is 9.06. The molecule has 0 amide bonds. The topological polar surface area (TPSA) is 72.4 Å². The van der Waals surface area contributed by atoms with Crippen molar-refractivity contribution in [1.29, 1.82) is 0 Å². The minimum atomic E-state index is -3.51.